The molecule has 0 saturated carbocycles. The Morgan fingerprint density at radius 3 is 0.0952 bits per heavy atom. The molecule has 42 heteroatoms. The van der Waals surface area contributed by atoms with E-state index in [1.165, 1.54) is 61.3 Å². The Morgan fingerprint density at radius 1 is 0.0952 bits per heavy atom. The van der Waals surface area contributed by atoms with Gasteiger partial charge in [0.25, 0.3) is 0 Å². The average molecular weight is 5460 g/mol. The molecule has 0 heterocycles. The van der Waals surface area contributed by atoms with Gasteiger partial charge in [-0.2, -0.15) is 0 Å². The normalized spacial score (nSPS) is 0.0476. The van der Waals surface area contributed by atoms with Crippen LogP contribution < -0.4 is 0 Å². The van der Waals surface area contributed by atoms with Crippen LogP contribution >= 0.6 is 0 Å². The summed E-state index contributed by atoms with van der Waals surface area (Å²) in [6.07, 6.45) is 0. The fraction of sp³-hybridized carbons (Fsp3) is 0. The summed E-state index contributed by atoms with van der Waals surface area (Å²) in [7, 11) is 0. The van der Waals surface area contributed by atoms with Crippen LogP contribution in [0.4, 0.5) is 0 Å². The molecule has 0 N–H and O–H groups in total. The quantitative estimate of drug-likeness (QED) is 0.212. The maximum atomic E-state index is 1.22. The molecule has 0 aromatic carbocycles. The Kier molecular flexibility index (Phi) is 2030. The third-order valence-electron chi connectivity index (χ3n) is 0. The first-order chi connectivity index (χ1) is 1.00. The van der Waals surface area contributed by atoms with Crippen LogP contribution in [0.15, 0.2) is 0 Å². The van der Waals surface area contributed by atoms with E-state index >= 15 is 0 Å². The van der Waals surface area contributed by atoms with E-state index in [4.69, 9.17) is 0 Å². The van der Waals surface area contributed by atoms with E-state index in [9.17, 15) is 0 Å². The molecule has 0 aromatic rings. The molecule has 0 amide bonds. The van der Waals surface area contributed by atoms with E-state index in [2.05, 4.69) is 0 Å². The molecular weight excluding hydrogens is 5460 g/mol. The molecule has 0 spiro atoms. The van der Waals surface area contributed by atoms with Crippen molar-refractivity contribution in [2.45, 2.75) is 0 Å². The fourth-order valence-corrected chi connectivity index (χ4v) is 0. The SMILES string of the molecule is [Ba].[Ba].[Ba].[Ba].[Ba].[Ba].[Ba].[Ba].[Ba].[Ba].[Ba].[Ba].[Ba].[Ba].[Ba].[Ba].[Ba].[Ba].[Ba].[Ba].[Ba][Ba].[Sb].[Sb].[Sb].[Sb].[Sb].[Sb].[Sb].[Sb].[Sb].[Sb].[Sb].[Sb].[Sb].[Sb].[Sb].[Sb].[Sb].[Sb].[Sb].[Sb]. The van der Waals surface area contributed by atoms with Crippen molar-refractivity contribution in [3.8, 4) is 0 Å². The van der Waals surface area contributed by atoms with Crippen molar-refractivity contribution in [2.75, 3.05) is 0 Å². The van der Waals surface area contributed by atoms with Crippen LogP contribution in [-0.2, 0) is 0 Å². The van der Waals surface area contributed by atoms with Gasteiger partial charge in [-0.15, -0.1) is 0 Å². The first-order valence-corrected chi connectivity index (χ1v) is 26.5. The Bertz CT molecular complexity index is 41.9. The van der Waals surface area contributed by atoms with Gasteiger partial charge in [0.05, 0.1) is 0 Å². The molecule has 0 bridgehead atoms. The standard InChI is InChI=1S/22Ba.20Sb. The third kappa shape index (κ3) is 284. The minimum absolute atomic E-state index is 0. The molecule has 0 atom stereocenters. The average Bonchev–Trinajstić information content (AvgIpc) is 1.00. The zero-order valence-corrected chi connectivity index (χ0v) is 173. The summed E-state index contributed by atoms with van der Waals surface area (Å²) < 4.78 is 0. The smallest absolute Gasteiger partial charge is 0 e. The molecule has 0 rings (SSSR count). The molecule has 0 aliphatic rings. The van der Waals surface area contributed by atoms with E-state index < -0.39 is 0 Å². The van der Waals surface area contributed by atoms with Crippen LogP contribution in [0.3, 0.4) is 0 Å². The number of rotatable bonds is 0. The van der Waals surface area contributed by atoms with Crippen LogP contribution in [0.2, 0.25) is 0 Å². The van der Waals surface area contributed by atoms with E-state index in [0.29, 0.717) is 0 Å². The molecule has 144 valence electrons. The zero-order valence-electron chi connectivity index (χ0n) is 24.5. The second-order valence-corrected chi connectivity index (χ2v) is 0. The third-order valence-corrected chi connectivity index (χ3v) is 0. The van der Waals surface area contributed by atoms with Crippen molar-refractivity contribution >= 4 is 1530 Å². The van der Waals surface area contributed by atoms with Gasteiger partial charge in [-0.25, -0.2) is 0 Å². The second-order valence-electron chi connectivity index (χ2n) is 0. The van der Waals surface area contributed by atoms with E-state index in [1.54, 1.807) is 0 Å². The summed E-state index contributed by atoms with van der Waals surface area (Å²) in [6, 6.07) is 0. The largest absolute Gasteiger partial charge is 0 e. The minimum Gasteiger partial charge on any atom is 0 e. The van der Waals surface area contributed by atoms with E-state index in [0.717, 1.165) is 0 Å². The first-order valence-electron chi connectivity index (χ1n) is 0.500. The van der Waals surface area contributed by atoms with Gasteiger partial charge in [-0.1, -0.05) is 0 Å². The monoisotopic (exact) mass is 5450 g/mol. The predicted octanol–water partition coefficient (Wildman–Crippen LogP) is -16.0. The van der Waals surface area contributed by atoms with Crippen molar-refractivity contribution < 1.29 is 0 Å². The van der Waals surface area contributed by atoms with Crippen LogP contribution in [0.5, 0.6) is 0 Å². The van der Waals surface area contributed by atoms with Crippen molar-refractivity contribution in [3.05, 3.63) is 0 Å². The van der Waals surface area contributed by atoms with Gasteiger partial charge in [0.1, 0.15) is 0 Å². The van der Waals surface area contributed by atoms with Crippen LogP contribution in [-0.4, -0.2) is 1530 Å². The van der Waals surface area contributed by atoms with Crippen molar-refractivity contribution in [1.29, 1.82) is 0 Å². The Hall–Kier alpha value is 50.9. The predicted molar refractivity (Wildman–Crippen MR) is 242 cm³/mol. The molecule has 0 saturated heterocycles. The maximum absolute atomic E-state index is 1.22. The van der Waals surface area contributed by atoms with Crippen molar-refractivity contribution in [3.63, 3.8) is 0 Å². The summed E-state index contributed by atoms with van der Waals surface area (Å²) in [6.45, 7) is 0. The topological polar surface area (TPSA) is 0 Å². The molecule has 0 aliphatic heterocycles. The molecule has 102 radical (unpaired) electrons. The summed E-state index contributed by atoms with van der Waals surface area (Å²) in [5.41, 5.74) is 0. The summed E-state index contributed by atoms with van der Waals surface area (Å²) in [5, 5.41) is 0. The summed E-state index contributed by atoms with van der Waals surface area (Å²) in [5.74, 6) is 0. The molecule has 0 aliphatic carbocycles. The van der Waals surface area contributed by atoms with Gasteiger partial charge in [-0.05, 0) is 0 Å². The van der Waals surface area contributed by atoms with Crippen molar-refractivity contribution in [1.82, 2.24) is 0 Å². The summed E-state index contributed by atoms with van der Waals surface area (Å²) in [4.78, 5) is 0. The Labute approximate surface area is 1460 Å². The summed E-state index contributed by atoms with van der Waals surface area (Å²) >= 11 is 2.44. The van der Waals surface area contributed by atoms with Gasteiger partial charge in [0.15, 0.2) is 0 Å². The fourth-order valence-electron chi connectivity index (χ4n) is 0. The van der Waals surface area contributed by atoms with Gasteiger partial charge in [0.2, 0.25) is 0 Å². The van der Waals surface area contributed by atoms with E-state index in [-0.39, 0.29) is 1470 Å². The van der Waals surface area contributed by atoms with Gasteiger partial charge >= 0.3 is 61.3 Å². The zero-order chi connectivity index (χ0) is 2.00. The molecule has 0 aromatic heterocycles. The van der Waals surface area contributed by atoms with Crippen molar-refractivity contribution in [2.24, 2.45) is 0 Å². The van der Waals surface area contributed by atoms with Crippen LogP contribution in [0.1, 0.15) is 0 Å². The number of hydrogen-bond acceptors (Lipinski definition) is 0. The molecule has 42 heavy (non-hydrogen) atoms. The Balaban J connectivity index is -0.00000000000641. The first kappa shape index (κ1) is 291. The maximum Gasteiger partial charge on any atom is 0 e. The minimum atomic E-state index is 0. The molecule has 0 fully saturated rings. The van der Waals surface area contributed by atoms with Gasteiger partial charge < -0.3 is 0 Å². The van der Waals surface area contributed by atoms with Crippen LogP contribution in [0.25, 0.3) is 0 Å². The molecular formula is Ba22Sb20. The Morgan fingerprint density at radius 2 is 0.0952 bits per heavy atom. The van der Waals surface area contributed by atoms with Gasteiger partial charge in [0, 0.05) is 1470 Å². The van der Waals surface area contributed by atoms with E-state index in [1.807, 2.05) is 0 Å². The molecule has 0 nitrogen and oxygen atoms in total. The van der Waals surface area contributed by atoms with Gasteiger partial charge in [-0.3, -0.25) is 0 Å². The number of hydrogen-bond donors (Lipinski definition) is 0. The second kappa shape index (κ2) is 293. The van der Waals surface area contributed by atoms with Crippen LogP contribution in [0, 0.1) is 0 Å². The molecule has 0 unspecified atom stereocenters.